The first-order valence-corrected chi connectivity index (χ1v) is 5.33. The van der Waals surface area contributed by atoms with Gasteiger partial charge in [-0.2, -0.15) is 0 Å². The summed E-state index contributed by atoms with van der Waals surface area (Å²) in [5, 5.41) is 0. The van der Waals surface area contributed by atoms with Crippen molar-refractivity contribution < 1.29 is 9.53 Å². The molecule has 0 aliphatic carbocycles. The minimum absolute atomic E-state index is 0.0508. The Kier molecular flexibility index (Phi) is 2.51. The molecule has 0 spiro atoms. The minimum atomic E-state index is -0.306. The Bertz CT molecular complexity index is 354. The van der Waals surface area contributed by atoms with Crippen LogP contribution in [0.1, 0.15) is 25.8 Å². The number of benzene rings is 1. The number of cyclic esters (lactones) is 1. The summed E-state index contributed by atoms with van der Waals surface area (Å²) in [5.41, 5.74) is 0.924. The highest BCUT2D eigenvalue weighted by molar-refractivity contribution is 5.78. The Balaban J connectivity index is 2.02. The van der Waals surface area contributed by atoms with Gasteiger partial charge in [-0.15, -0.1) is 0 Å². The van der Waals surface area contributed by atoms with Crippen LogP contribution in [-0.4, -0.2) is 12.1 Å². The van der Waals surface area contributed by atoms with Crippen LogP contribution in [0.25, 0.3) is 0 Å². The summed E-state index contributed by atoms with van der Waals surface area (Å²) in [5.74, 6) is -0.0663. The molecule has 0 aromatic heterocycles. The molecule has 1 fully saturated rings. The highest BCUT2D eigenvalue weighted by Gasteiger charge is 2.41. The van der Waals surface area contributed by atoms with Crippen molar-refractivity contribution in [1.82, 2.24) is 0 Å². The van der Waals surface area contributed by atoms with E-state index in [0.29, 0.717) is 0 Å². The fraction of sp³-hybridized carbons (Fsp3) is 0.462. The van der Waals surface area contributed by atoms with Gasteiger partial charge in [0, 0.05) is 12.8 Å². The Hall–Kier alpha value is -1.31. The lowest BCUT2D eigenvalue weighted by atomic mass is 9.88. The van der Waals surface area contributed by atoms with Gasteiger partial charge in [0.25, 0.3) is 0 Å². The van der Waals surface area contributed by atoms with E-state index >= 15 is 0 Å². The van der Waals surface area contributed by atoms with Crippen LogP contribution in [0, 0.1) is 5.41 Å². The van der Waals surface area contributed by atoms with Gasteiger partial charge in [-0.25, -0.2) is 0 Å². The zero-order chi connectivity index (χ0) is 10.9. The molecule has 0 amide bonds. The molecule has 1 heterocycles. The first-order chi connectivity index (χ1) is 7.08. The number of ether oxygens (including phenoxy) is 1. The van der Waals surface area contributed by atoms with Gasteiger partial charge in [-0.3, -0.25) is 4.79 Å². The maximum atomic E-state index is 11.5. The SMILES string of the molecule is CC1(C)CC(Cc2ccccc2)OC1=O. The standard InChI is InChI=1S/C13H16O2/c1-13(2)9-11(15-12(13)14)8-10-6-4-3-5-7-10/h3-7,11H,8-9H2,1-2H3. The average Bonchev–Trinajstić information content (AvgIpc) is 2.42. The Morgan fingerprint density at radius 2 is 2.00 bits per heavy atom. The van der Waals surface area contributed by atoms with Crippen LogP contribution >= 0.6 is 0 Å². The molecule has 0 radical (unpaired) electrons. The summed E-state index contributed by atoms with van der Waals surface area (Å²) in [6.07, 6.45) is 1.70. The van der Waals surface area contributed by atoms with Crippen molar-refractivity contribution in [1.29, 1.82) is 0 Å². The van der Waals surface area contributed by atoms with Gasteiger partial charge in [-0.1, -0.05) is 30.3 Å². The molecular formula is C13H16O2. The first kappa shape index (κ1) is 10.2. The lowest BCUT2D eigenvalue weighted by Crippen LogP contribution is -2.16. The molecular weight excluding hydrogens is 188 g/mol. The smallest absolute Gasteiger partial charge is 0.311 e. The third kappa shape index (κ3) is 2.20. The summed E-state index contributed by atoms with van der Waals surface area (Å²) in [4.78, 5) is 11.5. The molecule has 80 valence electrons. The van der Waals surface area contributed by atoms with E-state index in [1.54, 1.807) is 0 Å². The van der Waals surface area contributed by atoms with Crippen LogP contribution in [0.4, 0.5) is 0 Å². The normalized spacial score (nSPS) is 23.9. The van der Waals surface area contributed by atoms with Crippen molar-refractivity contribution in [2.75, 3.05) is 0 Å². The fourth-order valence-corrected chi connectivity index (χ4v) is 2.00. The maximum absolute atomic E-state index is 11.5. The van der Waals surface area contributed by atoms with Crippen molar-refractivity contribution in [3.63, 3.8) is 0 Å². The van der Waals surface area contributed by atoms with E-state index < -0.39 is 0 Å². The van der Waals surface area contributed by atoms with E-state index in [9.17, 15) is 4.79 Å². The highest BCUT2D eigenvalue weighted by atomic mass is 16.6. The highest BCUT2D eigenvalue weighted by Crippen LogP contribution is 2.34. The molecule has 2 nitrogen and oxygen atoms in total. The van der Waals surface area contributed by atoms with Gasteiger partial charge in [0.2, 0.25) is 0 Å². The van der Waals surface area contributed by atoms with Crippen molar-refractivity contribution in [3.05, 3.63) is 35.9 Å². The summed E-state index contributed by atoms with van der Waals surface area (Å²) in [7, 11) is 0. The lowest BCUT2D eigenvalue weighted by molar-refractivity contribution is -0.147. The number of esters is 1. The van der Waals surface area contributed by atoms with Crippen LogP contribution in [0.2, 0.25) is 0 Å². The minimum Gasteiger partial charge on any atom is -0.462 e. The van der Waals surface area contributed by atoms with E-state index in [4.69, 9.17) is 4.74 Å². The van der Waals surface area contributed by atoms with Crippen LogP contribution in [0.15, 0.2) is 30.3 Å². The van der Waals surface area contributed by atoms with Crippen molar-refractivity contribution >= 4 is 5.97 Å². The number of rotatable bonds is 2. The van der Waals surface area contributed by atoms with E-state index in [-0.39, 0.29) is 17.5 Å². The van der Waals surface area contributed by atoms with Crippen molar-refractivity contribution in [2.45, 2.75) is 32.8 Å². The Labute approximate surface area is 90.3 Å². The second-order valence-corrected chi connectivity index (χ2v) is 4.81. The third-order valence-electron chi connectivity index (χ3n) is 2.87. The molecule has 0 bridgehead atoms. The van der Waals surface area contributed by atoms with Gasteiger partial charge in [0.1, 0.15) is 6.10 Å². The summed E-state index contributed by atoms with van der Waals surface area (Å²) in [6, 6.07) is 10.2. The Morgan fingerprint density at radius 3 is 2.53 bits per heavy atom. The maximum Gasteiger partial charge on any atom is 0.311 e. The molecule has 1 aromatic rings. The largest absolute Gasteiger partial charge is 0.462 e. The third-order valence-corrected chi connectivity index (χ3v) is 2.87. The number of hydrogen-bond acceptors (Lipinski definition) is 2. The molecule has 1 saturated heterocycles. The lowest BCUT2D eigenvalue weighted by Gasteiger charge is -2.10. The molecule has 15 heavy (non-hydrogen) atoms. The van der Waals surface area contributed by atoms with Gasteiger partial charge >= 0.3 is 5.97 Å². The van der Waals surface area contributed by atoms with Gasteiger partial charge in [0.15, 0.2) is 0 Å². The van der Waals surface area contributed by atoms with Crippen LogP contribution in [-0.2, 0) is 16.0 Å². The summed E-state index contributed by atoms with van der Waals surface area (Å²) >= 11 is 0. The van der Waals surface area contributed by atoms with E-state index in [0.717, 1.165) is 12.8 Å². The zero-order valence-electron chi connectivity index (χ0n) is 9.19. The monoisotopic (exact) mass is 204 g/mol. The number of carbonyl (C=O) groups excluding carboxylic acids is 1. The topological polar surface area (TPSA) is 26.3 Å². The molecule has 1 unspecified atom stereocenters. The molecule has 0 saturated carbocycles. The van der Waals surface area contributed by atoms with E-state index in [2.05, 4.69) is 12.1 Å². The molecule has 2 heteroatoms. The summed E-state index contributed by atoms with van der Waals surface area (Å²) in [6.45, 7) is 3.89. The van der Waals surface area contributed by atoms with Crippen molar-refractivity contribution in [3.8, 4) is 0 Å². The zero-order valence-corrected chi connectivity index (χ0v) is 9.19. The predicted octanol–water partition coefficient (Wildman–Crippen LogP) is 2.57. The number of hydrogen-bond donors (Lipinski definition) is 0. The van der Waals surface area contributed by atoms with Crippen LogP contribution in [0.3, 0.4) is 0 Å². The molecule has 1 aliphatic rings. The Morgan fingerprint density at radius 1 is 1.33 bits per heavy atom. The van der Waals surface area contributed by atoms with E-state index in [1.807, 2.05) is 32.0 Å². The molecule has 1 aliphatic heterocycles. The first-order valence-electron chi connectivity index (χ1n) is 5.33. The number of carbonyl (C=O) groups is 1. The van der Waals surface area contributed by atoms with Gasteiger partial charge < -0.3 is 4.74 Å². The van der Waals surface area contributed by atoms with Gasteiger partial charge in [0.05, 0.1) is 5.41 Å². The van der Waals surface area contributed by atoms with Crippen LogP contribution in [0.5, 0.6) is 0 Å². The second-order valence-electron chi connectivity index (χ2n) is 4.81. The van der Waals surface area contributed by atoms with Gasteiger partial charge in [-0.05, 0) is 19.4 Å². The predicted molar refractivity (Wildman–Crippen MR) is 58.4 cm³/mol. The molecule has 0 N–H and O–H groups in total. The second kappa shape index (κ2) is 3.69. The van der Waals surface area contributed by atoms with Crippen LogP contribution < -0.4 is 0 Å². The quantitative estimate of drug-likeness (QED) is 0.692. The summed E-state index contributed by atoms with van der Waals surface area (Å²) < 4.78 is 5.34. The molecule has 1 atom stereocenters. The fourth-order valence-electron chi connectivity index (χ4n) is 2.00. The van der Waals surface area contributed by atoms with Crippen molar-refractivity contribution in [2.24, 2.45) is 5.41 Å². The molecule has 2 rings (SSSR count). The van der Waals surface area contributed by atoms with E-state index in [1.165, 1.54) is 5.56 Å². The molecule has 1 aromatic carbocycles. The average molecular weight is 204 g/mol.